The van der Waals surface area contributed by atoms with Gasteiger partial charge in [-0.25, -0.2) is 4.79 Å². The van der Waals surface area contributed by atoms with Crippen LogP contribution >= 0.6 is 11.6 Å². The maximum Gasteiger partial charge on any atom is 0.337 e. The molecule has 0 spiro atoms. The number of nitrogens with zero attached hydrogens (tertiary/aromatic N) is 1. The highest BCUT2D eigenvalue weighted by Crippen LogP contribution is 2.25. The fraction of sp³-hybridized carbons (Fsp3) is 0.273. The second-order valence-electron chi connectivity index (χ2n) is 3.74. The number of rotatable bonds is 6. The van der Waals surface area contributed by atoms with Gasteiger partial charge in [0, 0.05) is 18.1 Å². The molecule has 102 valence electrons. The minimum Gasteiger partial charge on any atom is -0.479 e. The summed E-state index contributed by atoms with van der Waals surface area (Å²) in [6, 6.07) is 3.41. The molecule has 1 unspecified atom stereocenters. The zero-order chi connectivity index (χ0) is 14.6. The van der Waals surface area contributed by atoms with Gasteiger partial charge in [-0.15, -0.1) is 11.6 Å². The molecule has 0 saturated heterocycles. The Morgan fingerprint density at radius 2 is 2.05 bits per heavy atom. The second-order valence-corrected chi connectivity index (χ2v) is 4.00. The molecule has 0 aliphatic carbocycles. The maximum atomic E-state index is 11.2. The molecule has 7 nitrogen and oxygen atoms in total. The van der Waals surface area contributed by atoms with E-state index in [-0.39, 0.29) is 23.4 Å². The predicted molar refractivity (Wildman–Crippen MR) is 65.1 cm³/mol. The molecule has 0 fully saturated rings. The minimum atomic E-state index is -1.85. The third kappa shape index (κ3) is 3.73. The number of hydrogen-bond donors (Lipinski definition) is 2. The van der Waals surface area contributed by atoms with Gasteiger partial charge in [-0.1, -0.05) is 12.1 Å². The van der Waals surface area contributed by atoms with Gasteiger partial charge in [0.2, 0.25) is 0 Å². The van der Waals surface area contributed by atoms with Crippen molar-refractivity contribution < 1.29 is 24.7 Å². The van der Waals surface area contributed by atoms with E-state index in [1.165, 1.54) is 12.1 Å². The average Bonchev–Trinajstić information content (AvgIpc) is 2.37. The number of carboxylic acids is 1. The van der Waals surface area contributed by atoms with Gasteiger partial charge < -0.3 is 10.2 Å². The van der Waals surface area contributed by atoms with Crippen molar-refractivity contribution in [1.29, 1.82) is 0 Å². The molecule has 0 saturated carbocycles. The van der Waals surface area contributed by atoms with E-state index >= 15 is 0 Å². The summed E-state index contributed by atoms with van der Waals surface area (Å²) in [7, 11) is 0. The number of Topliss-reactive ketones (excluding diaryl/α,β-unsaturated/α-hetero) is 1. The van der Waals surface area contributed by atoms with Crippen LogP contribution in [0.15, 0.2) is 18.2 Å². The largest absolute Gasteiger partial charge is 0.479 e. The predicted octanol–water partition coefficient (Wildman–Crippen LogP) is 1.06. The van der Waals surface area contributed by atoms with E-state index in [1.807, 2.05) is 0 Å². The van der Waals surface area contributed by atoms with Crippen molar-refractivity contribution in [2.24, 2.45) is 0 Å². The van der Waals surface area contributed by atoms with Crippen LogP contribution in [0.5, 0.6) is 0 Å². The van der Waals surface area contributed by atoms with Crippen LogP contribution in [0.2, 0.25) is 0 Å². The molecule has 0 aliphatic rings. The van der Waals surface area contributed by atoms with Crippen molar-refractivity contribution in [2.75, 3.05) is 5.88 Å². The van der Waals surface area contributed by atoms with E-state index in [0.29, 0.717) is 0 Å². The maximum absolute atomic E-state index is 11.2. The lowest BCUT2D eigenvalue weighted by molar-refractivity contribution is -0.385. The van der Waals surface area contributed by atoms with E-state index < -0.39 is 28.5 Å². The summed E-state index contributed by atoms with van der Waals surface area (Å²) in [5.74, 6) is -2.17. The number of ketones is 1. The van der Waals surface area contributed by atoms with Gasteiger partial charge in [-0.05, 0) is 5.56 Å². The van der Waals surface area contributed by atoms with Crippen LogP contribution in [-0.4, -0.2) is 32.8 Å². The van der Waals surface area contributed by atoms with Crippen molar-refractivity contribution in [3.8, 4) is 0 Å². The molecule has 0 aliphatic heterocycles. The lowest BCUT2D eigenvalue weighted by Crippen LogP contribution is -2.12. The molecule has 0 radical (unpaired) electrons. The second kappa shape index (κ2) is 6.26. The van der Waals surface area contributed by atoms with E-state index in [1.54, 1.807) is 0 Å². The van der Waals surface area contributed by atoms with Gasteiger partial charge in [0.1, 0.15) is 0 Å². The first-order valence-corrected chi connectivity index (χ1v) is 5.66. The number of hydrogen-bond acceptors (Lipinski definition) is 5. The lowest BCUT2D eigenvalue weighted by Gasteiger charge is -2.07. The highest BCUT2D eigenvalue weighted by atomic mass is 35.5. The van der Waals surface area contributed by atoms with E-state index in [2.05, 4.69) is 0 Å². The Labute approximate surface area is 112 Å². The summed E-state index contributed by atoms with van der Waals surface area (Å²) in [6.07, 6.45) is -2.07. The van der Waals surface area contributed by atoms with E-state index in [0.717, 1.165) is 6.07 Å². The average molecular weight is 288 g/mol. The fourth-order valence-electron chi connectivity index (χ4n) is 1.47. The Bertz CT molecular complexity index is 530. The number of benzene rings is 1. The molecule has 8 heteroatoms. The first-order valence-electron chi connectivity index (χ1n) is 5.12. The van der Waals surface area contributed by atoms with Crippen LogP contribution in [0.25, 0.3) is 0 Å². The molecule has 2 N–H and O–H groups in total. The highest BCUT2D eigenvalue weighted by molar-refractivity contribution is 6.27. The SMILES string of the molecule is O=C(CCl)Cc1ccc(C(O)C(=O)O)cc1[N+](=O)[O-]. The number of carbonyl (C=O) groups is 2. The summed E-state index contributed by atoms with van der Waals surface area (Å²) in [5, 5.41) is 28.8. The highest BCUT2D eigenvalue weighted by Gasteiger charge is 2.22. The normalized spacial score (nSPS) is 11.9. The summed E-state index contributed by atoms with van der Waals surface area (Å²) < 4.78 is 0. The molecular formula is C11H10ClNO6. The van der Waals surface area contributed by atoms with Gasteiger partial charge in [-0.2, -0.15) is 0 Å². The number of carboxylic acid groups (broad SMARTS) is 1. The number of aliphatic hydroxyl groups excluding tert-OH is 1. The number of alkyl halides is 1. The molecule has 0 aromatic heterocycles. The Balaban J connectivity index is 3.18. The molecule has 0 heterocycles. The molecule has 19 heavy (non-hydrogen) atoms. The van der Waals surface area contributed by atoms with Crippen LogP contribution < -0.4 is 0 Å². The van der Waals surface area contributed by atoms with Gasteiger partial charge >= 0.3 is 5.97 Å². The van der Waals surface area contributed by atoms with Crippen molar-refractivity contribution in [3.63, 3.8) is 0 Å². The number of nitro groups is 1. The van der Waals surface area contributed by atoms with Gasteiger partial charge in [0.05, 0.1) is 10.8 Å². The molecule has 1 rings (SSSR count). The fourth-order valence-corrected chi connectivity index (χ4v) is 1.57. The van der Waals surface area contributed by atoms with Crippen LogP contribution in [0.1, 0.15) is 17.2 Å². The Morgan fingerprint density at radius 3 is 2.53 bits per heavy atom. The summed E-state index contributed by atoms with van der Waals surface area (Å²) in [5.41, 5.74) is -0.422. The standard InChI is InChI=1S/C11H10ClNO6/c12-5-8(14)3-6-1-2-7(10(15)11(16)17)4-9(6)13(18)19/h1-2,4,10,15H,3,5H2,(H,16,17). The van der Waals surface area contributed by atoms with E-state index in [4.69, 9.17) is 16.7 Å². The van der Waals surface area contributed by atoms with Crippen molar-refractivity contribution in [3.05, 3.63) is 39.4 Å². The van der Waals surface area contributed by atoms with E-state index in [9.17, 15) is 24.8 Å². The zero-order valence-electron chi connectivity index (χ0n) is 9.58. The molecule has 0 amide bonds. The van der Waals surface area contributed by atoms with Crippen LogP contribution in [-0.2, 0) is 16.0 Å². The number of aliphatic carboxylic acids is 1. The monoisotopic (exact) mass is 287 g/mol. The topological polar surface area (TPSA) is 118 Å². The zero-order valence-corrected chi connectivity index (χ0v) is 10.3. The first-order chi connectivity index (χ1) is 8.86. The molecule has 1 aromatic rings. The van der Waals surface area contributed by atoms with Crippen LogP contribution in [0, 0.1) is 10.1 Å². The van der Waals surface area contributed by atoms with Gasteiger partial charge in [0.25, 0.3) is 5.69 Å². The molecular weight excluding hydrogens is 278 g/mol. The number of aliphatic hydroxyl groups is 1. The Morgan fingerprint density at radius 1 is 1.42 bits per heavy atom. The van der Waals surface area contributed by atoms with Crippen molar-refractivity contribution in [2.45, 2.75) is 12.5 Å². The smallest absolute Gasteiger partial charge is 0.337 e. The molecule has 0 bridgehead atoms. The summed E-state index contributed by atoms with van der Waals surface area (Å²) in [6.45, 7) is 0. The third-order valence-electron chi connectivity index (χ3n) is 2.39. The van der Waals surface area contributed by atoms with Crippen LogP contribution in [0.3, 0.4) is 0 Å². The third-order valence-corrected chi connectivity index (χ3v) is 2.69. The number of nitro benzene ring substituents is 1. The Kier molecular flexibility index (Phi) is 4.96. The van der Waals surface area contributed by atoms with Crippen LogP contribution in [0.4, 0.5) is 5.69 Å². The Hall–Kier alpha value is -1.99. The molecule has 1 aromatic carbocycles. The van der Waals surface area contributed by atoms with Crippen molar-refractivity contribution in [1.82, 2.24) is 0 Å². The van der Waals surface area contributed by atoms with Gasteiger partial charge in [0.15, 0.2) is 11.9 Å². The lowest BCUT2D eigenvalue weighted by atomic mass is 10.0. The summed E-state index contributed by atoms with van der Waals surface area (Å²) >= 11 is 5.32. The van der Waals surface area contributed by atoms with Gasteiger partial charge in [-0.3, -0.25) is 14.9 Å². The molecule has 1 atom stereocenters. The quantitative estimate of drug-likeness (QED) is 0.459. The summed E-state index contributed by atoms with van der Waals surface area (Å²) in [4.78, 5) is 31.9. The minimum absolute atomic E-state index is 0.122. The first kappa shape index (κ1) is 15.1. The van der Waals surface area contributed by atoms with Crippen molar-refractivity contribution >= 4 is 29.0 Å². The number of carbonyl (C=O) groups excluding carboxylic acids is 1. The number of halogens is 1.